The zero-order chi connectivity index (χ0) is 8.97. The third-order valence-electron chi connectivity index (χ3n) is 1.15. The first-order valence-electron chi connectivity index (χ1n) is 3.26. The Kier molecular flexibility index (Phi) is 5.64. The van der Waals surface area contributed by atoms with Crippen molar-refractivity contribution in [1.82, 2.24) is 0 Å². The summed E-state index contributed by atoms with van der Waals surface area (Å²) in [6.07, 6.45) is 0. The Hall–Kier alpha value is -0.623. The van der Waals surface area contributed by atoms with Gasteiger partial charge >= 0.3 is 18.9 Å². The summed E-state index contributed by atoms with van der Waals surface area (Å²) in [6, 6.07) is 6.50. The molecular formula is C8H6ClLiO3. The van der Waals surface area contributed by atoms with Crippen LogP contribution in [-0.4, -0.2) is 12.6 Å². The average Bonchev–Trinajstić information content (AvgIpc) is 2.01. The molecule has 0 spiro atoms. The van der Waals surface area contributed by atoms with E-state index in [0.29, 0.717) is 10.8 Å². The number of carbonyl (C=O) groups is 1. The molecule has 0 aliphatic heterocycles. The quantitative estimate of drug-likeness (QED) is 0.497. The van der Waals surface area contributed by atoms with E-state index in [-0.39, 0.29) is 18.9 Å². The zero-order valence-corrected chi connectivity index (χ0v) is 7.88. The monoisotopic (exact) mass is 192 g/mol. The van der Waals surface area contributed by atoms with Crippen LogP contribution in [0.5, 0.6) is 5.75 Å². The van der Waals surface area contributed by atoms with Crippen molar-refractivity contribution in [3.63, 3.8) is 0 Å². The van der Waals surface area contributed by atoms with Crippen LogP contribution in [0, 0.1) is 0 Å². The third kappa shape index (κ3) is 4.84. The Balaban J connectivity index is 0.00000144. The van der Waals surface area contributed by atoms with Crippen LogP contribution in [0.15, 0.2) is 24.3 Å². The van der Waals surface area contributed by atoms with E-state index >= 15 is 0 Å². The van der Waals surface area contributed by atoms with E-state index in [4.69, 9.17) is 16.3 Å². The summed E-state index contributed by atoms with van der Waals surface area (Å²) >= 11 is 5.62. The Bertz CT molecular complexity index is 290. The molecule has 64 valence electrons. The fourth-order valence-corrected chi connectivity index (χ4v) is 0.879. The molecule has 0 aromatic heterocycles. The number of hydrogen-bond donors (Lipinski definition) is 0. The fraction of sp³-hybridized carbons (Fsp3) is 0.125. The molecule has 5 heteroatoms. The van der Waals surface area contributed by atoms with Gasteiger partial charge in [-0.05, 0) is 18.2 Å². The first-order chi connectivity index (χ1) is 5.68. The molecule has 0 aliphatic rings. The van der Waals surface area contributed by atoms with Gasteiger partial charge in [-0.25, -0.2) is 0 Å². The van der Waals surface area contributed by atoms with Crippen LogP contribution in [0.3, 0.4) is 0 Å². The van der Waals surface area contributed by atoms with Gasteiger partial charge in [0.2, 0.25) is 0 Å². The minimum absolute atomic E-state index is 0. The number of ether oxygens (including phenoxy) is 1. The first-order valence-corrected chi connectivity index (χ1v) is 3.64. The summed E-state index contributed by atoms with van der Waals surface area (Å²) in [5, 5.41) is 10.5. The molecule has 0 saturated heterocycles. The van der Waals surface area contributed by atoms with Crippen molar-refractivity contribution in [3.05, 3.63) is 29.3 Å². The Morgan fingerprint density at radius 3 is 2.77 bits per heavy atom. The van der Waals surface area contributed by atoms with Crippen LogP contribution < -0.4 is 28.7 Å². The van der Waals surface area contributed by atoms with Crippen molar-refractivity contribution in [2.75, 3.05) is 6.61 Å². The van der Waals surface area contributed by atoms with Crippen molar-refractivity contribution in [3.8, 4) is 5.75 Å². The van der Waals surface area contributed by atoms with E-state index in [1.807, 2.05) is 0 Å². The molecular weight excluding hydrogens is 186 g/mol. The van der Waals surface area contributed by atoms with E-state index in [0.717, 1.165) is 0 Å². The summed E-state index contributed by atoms with van der Waals surface area (Å²) in [6.45, 7) is -0.458. The van der Waals surface area contributed by atoms with Gasteiger partial charge in [0.25, 0.3) is 0 Å². The summed E-state index contributed by atoms with van der Waals surface area (Å²) < 4.78 is 4.80. The number of carboxylic acid groups (broad SMARTS) is 1. The van der Waals surface area contributed by atoms with Gasteiger partial charge < -0.3 is 14.6 Å². The Morgan fingerprint density at radius 2 is 2.23 bits per heavy atom. The normalized spacial score (nSPS) is 8.69. The molecule has 1 rings (SSSR count). The van der Waals surface area contributed by atoms with Crippen LogP contribution in [0.25, 0.3) is 0 Å². The molecule has 0 N–H and O–H groups in total. The van der Waals surface area contributed by atoms with Crippen molar-refractivity contribution in [1.29, 1.82) is 0 Å². The number of carbonyl (C=O) groups excluding carboxylic acids is 1. The summed E-state index contributed by atoms with van der Waals surface area (Å²) in [4.78, 5) is 9.99. The van der Waals surface area contributed by atoms with E-state index in [1.54, 1.807) is 18.2 Å². The number of hydrogen-bond acceptors (Lipinski definition) is 3. The maximum absolute atomic E-state index is 9.99. The average molecular weight is 193 g/mol. The third-order valence-corrected chi connectivity index (χ3v) is 1.39. The Labute approximate surface area is 92.8 Å². The smallest absolute Gasteiger partial charge is 0.546 e. The van der Waals surface area contributed by atoms with Gasteiger partial charge in [-0.15, -0.1) is 0 Å². The van der Waals surface area contributed by atoms with E-state index in [9.17, 15) is 9.90 Å². The number of halogens is 1. The summed E-state index contributed by atoms with van der Waals surface area (Å²) in [5.74, 6) is -0.832. The van der Waals surface area contributed by atoms with E-state index < -0.39 is 12.6 Å². The molecule has 0 fully saturated rings. The van der Waals surface area contributed by atoms with Gasteiger partial charge in [-0.2, -0.15) is 0 Å². The topological polar surface area (TPSA) is 49.4 Å². The molecule has 13 heavy (non-hydrogen) atoms. The molecule has 0 heterocycles. The molecule has 1 aromatic rings. The van der Waals surface area contributed by atoms with E-state index in [2.05, 4.69) is 0 Å². The van der Waals surface area contributed by atoms with Crippen LogP contribution in [0.2, 0.25) is 5.02 Å². The van der Waals surface area contributed by atoms with Gasteiger partial charge in [0, 0.05) is 5.02 Å². The second-order valence-electron chi connectivity index (χ2n) is 2.12. The van der Waals surface area contributed by atoms with Gasteiger partial charge in [0.1, 0.15) is 12.4 Å². The molecule has 0 aliphatic carbocycles. The molecule has 0 amide bonds. The van der Waals surface area contributed by atoms with Crippen LogP contribution >= 0.6 is 11.6 Å². The first kappa shape index (κ1) is 12.4. The van der Waals surface area contributed by atoms with E-state index in [1.165, 1.54) is 6.07 Å². The number of aliphatic carboxylic acids is 1. The largest absolute Gasteiger partial charge is 1.00 e. The predicted molar refractivity (Wildman–Crippen MR) is 42.0 cm³/mol. The van der Waals surface area contributed by atoms with Crippen molar-refractivity contribution >= 4 is 17.6 Å². The number of benzene rings is 1. The van der Waals surface area contributed by atoms with Gasteiger partial charge in [-0.1, -0.05) is 17.7 Å². The molecule has 1 aromatic carbocycles. The maximum Gasteiger partial charge on any atom is 1.00 e. The predicted octanol–water partition coefficient (Wildman–Crippen LogP) is -2.53. The van der Waals surface area contributed by atoms with Crippen molar-refractivity contribution in [2.45, 2.75) is 0 Å². The second-order valence-corrected chi connectivity index (χ2v) is 2.55. The van der Waals surface area contributed by atoms with Crippen molar-refractivity contribution < 1.29 is 33.5 Å². The summed E-state index contributed by atoms with van der Waals surface area (Å²) in [5.41, 5.74) is 0. The van der Waals surface area contributed by atoms with Crippen LogP contribution in [0.1, 0.15) is 0 Å². The van der Waals surface area contributed by atoms with Gasteiger partial charge in [-0.3, -0.25) is 0 Å². The maximum atomic E-state index is 9.99. The zero-order valence-electron chi connectivity index (χ0n) is 7.12. The van der Waals surface area contributed by atoms with Crippen LogP contribution in [0.4, 0.5) is 0 Å². The van der Waals surface area contributed by atoms with Crippen LogP contribution in [-0.2, 0) is 4.79 Å². The molecule has 0 saturated carbocycles. The molecule has 0 radical (unpaired) electrons. The Morgan fingerprint density at radius 1 is 1.54 bits per heavy atom. The van der Waals surface area contributed by atoms with Gasteiger partial charge in [0.05, 0.1) is 5.97 Å². The SMILES string of the molecule is O=C([O-])COc1cccc(Cl)c1.[Li+]. The number of rotatable bonds is 3. The fourth-order valence-electron chi connectivity index (χ4n) is 0.699. The minimum atomic E-state index is -1.25. The van der Waals surface area contributed by atoms with Crippen molar-refractivity contribution in [2.24, 2.45) is 0 Å². The van der Waals surface area contributed by atoms with Gasteiger partial charge in [0.15, 0.2) is 0 Å². The molecule has 0 unspecified atom stereocenters. The second kappa shape index (κ2) is 5.93. The minimum Gasteiger partial charge on any atom is -0.546 e. The molecule has 0 atom stereocenters. The molecule has 3 nitrogen and oxygen atoms in total. The summed E-state index contributed by atoms with van der Waals surface area (Å²) in [7, 11) is 0. The standard InChI is InChI=1S/C8H7ClO3.Li/c9-6-2-1-3-7(4-6)12-5-8(10)11;/h1-4H,5H2,(H,10,11);/q;+1/p-1. The molecule has 0 bridgehead atoms. The number of carboxylic acids is 1.